The van der Waals surface area contributed by atoms with Gasteiger partial charge in [-0.05, 0) is 37.8 Å². The van der Waals surface area contributed by atoms with Gasteiger partial charge in [0.2, 0.25) is 0 Å². The molecule has 19 heavy (non-hydrogen) atoms. The summed E-state index contributed by atoms with van der Waals surface area (Å²) in [6.45, 7) is 0. The number of amides is 1. The van der Waals surface area contributed by atoms with Gasteiger partial charge >= 0.3 is 6.09 Å². The molecule has 3 rings (SSSR count). The highest BCUT2D eigenvalue weighted by Crippen LogP contribution is 2.36. The van der Waals surface area contributed by atoms with E-state index in [1.54, 1.807) is 17.2 Å². The van der Waals surface area contributed by atoms with Gasteiger partial charge in [-0.3, -0.25) is 0 Å². The molecule has 0 spiro atoms. The average molecular weight is 262 g/mol. The van der Waals surface area contributed by atoms with E-state index in [1.165, 1.54) is 0 Å². The zero-order valence-corrected chi connectivity index (χ0v) is 10.6. The predicted octanol–water partition coefficient (Wildman–Crippen LogP) is 1.75. The first-order valence-electron chi connectivity index (χ1n) is 6.63. The Bertz CT molecular complexity index is 479. The third kappa shape index (κ3) is 2.18. The molecule has 2 fully saturated rings. The zero-order chi connectivity index (χ0) is 13.4. The van der Waals surface area contributed by atoms with Gasteiger partial charge in [0.25, 0.3) is 0 Å². The van der Waals surface area contributed by atoms with Gasteiger partial charge in [-0.2, -0.15) is 0 Å². The first kappa shape index (κ1) is 12.1. The molecular weight excluding hydrogens is 244 g/mol. The normalized spacial score (nSPS) is 29.3. The van der Waals surface area contributed by atoms with Crippen molar-refractivity contribution in [1.29, 1.82) is 0 Å². The van der Waals surface area contributed by atoms with Crippen molar-refractivity contribution >= 4 is 17.6 Å². The van der Waals surface area contributed by atoms with E-state index in [-0.39, 0.29) is 18.1 Å². The van der Waals surface area contributed by atoms with Gasteiger partial charge in [-0.15, -0.1) is 0 Å². The molecule has 0 aromatic carbocycles. The average Bonchev–Trinajstić information content (AvgIpc) is 2.65. The number of rotatable bonds is 2. The summed E-state index contributed by atoms with van der Waals surface area (Å²) in [4.78, 5) is 17.1. The fourth-order valence-electron chi connectivity index (χ4n) is 3.34. The van der Waals surface area contributed by atoms with E-state index in [4.69, 9.17) is 5.73 Å². The molecule has 2 saturated heterocycles. The lowest BCUT2D eigenvalue weighted by Gasteiger charge is -2.37. The molecule has 3 atom stereocenters. The Kier molecular flexibility index (Phi) is 2.93. The van der Waals surface area contributed by atoms with Gasteiger partial charge in [-0.1, -0.05) is 0 Å². The van der Waals surface area contributed by atoms with Crippen molar-refractivity contribution in [2.45, 2.75) is 43.8 Å². The molecule has 102 valence electrons. The third-order valence-electron chi connectivity index (χ3n) is 4.13. The summed E-state index contributed by atoms with van der Waals surface area (Å²) in [6, 6.07) is 4.15. The SMILES string of the molecule is Nc1cccnc1NC1CC2CC[C@@H](C1)N2C(=O)O. The monoisotopic (exact) mass is 262 g/mol. The molecule has 6 heteroatoms. The zero-order valence-electron chi connectivity index (χ0n) is 10.6. The maximum absolute atomic E-state index is 11.2. The second kappa shape index (κ2) is 4.60. The second-order valence-corrected chi connectivity index (χ2v) is 5.33. The molecule has 6 nitrogen and oxygen atoms in total. The molecule has 0 saturated carbocycles. The number of nitrogens with zero attached hydrogens (tertiary/aromatic N) is 2. The van der Waals surface area contributed by atoms with E-state index in [1.807, 2.05) is 6.07 Å². The van der Waals surface area contributed by atoms with E-state index in [0.29, 0.717) is 11.5 Å². The van der Waals surface area contributed by atoms with Crippen molar-refractivity contribution in [2.75, 3.05) is 11.1 Å². The van der Waals surface area contributed by atoms with Crippen molar-refractivity contribution < 1.29 is 9.90 Å². The van der Waals surface area contributed by atoms with Gasteiger partial charge in [-0.25, -0.2) is 9.78 Å². The second-order valence-electron chi connectivity index (χ2n) is 5.33. The number of nitrogen functional groups attached to an aromatic ring is 1. The maximum Gasteiger partial charge on any atom is 0.407 e. The van der Waals surface area contributed by atoms with Crippen molar-refractivity contribution in [2.24, 2.45) is 0 Å². The number of nitrogens with one attached hydrogen (secondary N) is 1. The molecule has 2 aliphatic heterocycles. The Labute approximate surface area is 111 Å². The molecule has 2 unspecified atom stereocenters. The number of pyridine rings is 1. The van der Waals surface area contributed by atoms with Gasteiger partial charge in [0.1, 0.15) is 5.82 Å². The number of aromatic nitrogens is 1. The number of carboxylic acid groups (broad SMARTS) is 1. The summed E-state index contributed by atoms with van der Waals surface area (Å²) in [5, 5.41) is 12.6. The molecule has 4 N–H and O–H groups in total. The quantitative estimate of drug-likeness (QED) is 0.755. The largest absolute Gasteiger partial charge is 0.465 e. The lowest BCUT2D eigenvalue weighted by Crippen LogP contribution is -2.49. The summed E-state index contributed by atoms with van der Waals surface area (Å²) < 4.78 is 0. The Hall–Kier alpha value is -1.98. The van der Waals surface area contributed by atoms with Crippen LogP contribution in [0.25, 0.3) is 0 Å². The number of hydrogen-bond donors (Lipinski definition) is 3. The fraction of sp³-hybridized carbons (Fsp3) is 0.538. The van der Waals surface area contributed by atoms with E-state index in [0.717, 1.165) is 25.7 Å². The molecule has 3 heterocycles. The van der Waals surface area contributed by atoms with Crippen LogP contribution in [0, 0.1) is 0 Å². The van der Waals surface area contributed by atoms with Crippen LogP contribution >= 0.6 is 0 Å². The summed E-state index contributed by atoms with van der Waals surface area (Å²) >= 11 is 0. The Balaban J connectivity index is 1.70. The Morgan fingerprint density at radius 3 is 2.68 bits per heavy atom. The highest BCUT2D eigenvalue weighted by molar-refractivity contribution is 5.67. The highest BCUT2D eigenvalue weighted by Gasteiger charge is 2.43. The van der Waals surface area contributed by atoms with Crippen LogP contribution in [0.3, 0.4) is 0 Å². The van der Waals surface area contributed by atoms with E-state index in [2.05, 4.69) is 10.3 Å². The van der Waals surface area contributed by atoms with Crippen molar-refractivity contribution in [3.05, 3.63) is 18.3 Å². The van der Waals surface area contributed by atoms with Crippen molar-refractivity contribution in [1.82, 2.24) is 9.88 Å². The molecule has 0 radical (unpaired) electrons. The standard InChI is InChI=1S/C13H18N4O2/c14-11-2-1-5-15-12(11)16-8-6-9-3-4-10(7-8)17(9)13(18)19/h1-2,5,8-10H,3-4,6-7,14H2,(H,15,16)(H,18,19)/t8?,9-,10?/m0/s1. The van der Waals surface area contributed by atoms with E-state index in [9.17, 15) is 9.90 Å². The van der Waals surface area contributed by atoms with Gasteiger partial charge in [0.15, 0.2) is 0 Å². The van der Waals surface area contributed by atoms with Gasteiger partial charge in [0.05, 0.1) is 5.69 Å². The predicted molar refractivity (Wildman–Crippen MR) is 72.0 cm³/mol. The molecule has 1 aromatic heterocycles. The van der Waals surface area contributed by atoms with Crippen LogP contribution in [0.1, 0.15) is 25.7 Å². The topological polar surface area (TPSA) is 91.5 Å². The Morgan fingerprint density at radius 2 is 2.11 bits per heavy atom. The first-order valence-corrected chi connectivity index (χ1v) is 6.63. The van der Waals surface area contributed by atoms with Crippen molar-refractivity contribution in [3.8, 4) is 0 Å². The van der Waals surface area contributed by atoms with E-state index >= 15 is 0 Å². The van der Waals surface area contributed by atoms with Gasteiger partial charge in [0, 0.05) is 24.3 Å². The van der Waals surface area contributed by atoms with Crippen LogP contribution < -0.4 is 11.1 Å². The van der Waals surface area contributed by atoms with Crippen LogP contribution in [0.4, 0.5) is 16.3 Å². The van der Waals surface area contributed by atoms with Crippen LogP contribution in [0.15, 0.2) is 18.3 Å². The number of fused-ring (bicyclic) bond motifs is 2. The highest BCUT2D eigenvalue weighted by atomic mass is 16.4. The minimum atomic E-state index is -0.789. The summed E-state index contributed by atoms with van der Waals surface area (Å²) in [5.41, 5.74) is 6.50. The smallest absolute Gasteiger partial charge is 0.407 e. The summed E-state index contributed by atoms with van der Waals surface area (Å²) in [6.07, 6.45) is 4.51. The lowest BCUT2D eigenvalue weighted by molar-refractivity contribution is 0.0994. The number of piperidine rings is 1. The molecule has 2 bridgehead atoms. The van der Waals surface area contributed by atoms with Crippen LogP contribution in [-0.4, -0.2) is 39.2 Å². The number of anilines is 2. The van der Waals surface area contributed by atoms with Crippen LogP contribution in [-0.2, 0) is 0 Å². The molecule has 0 aliphatic carbocycles. The Morgan fingerprint density at radius 1 is 1.42 bits per heavy atom. The van der Waals surface area contributed by atoms with E-state index < -0.39 is 6.09 Å². The number of hydrogen-bond acceptors (Lipinski definition) is 4. The fourth-order valence-corrected chi connectivity index (χ4v) is 3.34. The van der Waals surface area contributed by atoms with Crippen LogP contribution in [0.5, 0.6) is 0 Å². The van der Waals surface area contributed by atoms with Crippen LogP contribution in [0.2, 0.25) is 0 Å². The van der Waals surface area contributed by atoms with Crippen molar-refractivity contribution in [3.63, 3.8) is 0 Å². The maximum atomic E-state index is 11.2. The lowest BCUT2D eigenvalue weighted by atomic mass is 9.98. The minimum absolute atomic E-state index is 0.138. The number of nitrogens with two attached hydrogens (primary N) is 1. The molecule has 1 aromatic rings. The molecular formula is C13H18N4O2. The summed E-state index contributed by atoms with van der Waals surface area (Å²) in [7, 11) is 0. The molecule has 2 aliphatic rings. The first-order chi connectivity index (χ1) is 9.15. The van der Waals surface area contributed by atoms with Gasteiger partial charge < -0.3 is 21.1 Å². The molecule has 1 amide bonds. The summed E-state index contributed by atoms with van der Waals surface area (Å²) in [5.74, 6) is 0.704. The number of carbonyl (C=O) groups is 1. The third-order valence-corrected chi connectivity index (χ3v) is 4.13. The minimum Gasteiger partial charge on any atom is -0.465 e.